The molecule has 1 saturated carbocycles. The molecule has 25 heavy (non-hydrogen) atoms. The molecule has 6 heteroatoms. The monoisotopic (exact) mass is 338 g/mol. The predicted octanol–water partition coefficient (Wildman–Crippen LogP) is 1.95. The highest BCUT2D eigenvalue weighted by atomic mass is 16.2. The van der Waals surface area contributed by atoms with Crippen LogP contribution >= 0.6 is 0 Å². The quantitative estimate of drug-likeness (QED) is 0.854. The molecule has 0 atom stereocenters. The molecule has 2 aromatic heterocycles. The molecule has 0 bridgehead atoms. The highest BCUT2D eigenvalue weighted by Crippen LogP contribution is 2.32. The van der Waals surface area contributed by atoms with Crippen molar-refractivity contribution in [3.63, 3.8) is 0 Å². The Morgan fingerprint density at radius 3 is 2.64 bits per heavy atom. The molecule has 130 valence electrons. The lowest BCUT2D eigenvalue weighted by Gasteiger charge is -2.32. The van der Waals surface area contributed by atoms with Gasteiger partial charge in [0.05, 0.1) is 12.0 Å². The third kappa shape index (κ3) is 3.62. The molecule has 2 aliphatic rings. The molecule has 0 spiro atoms. The van der Waals surface area contributed by atoms with Gasteiger partial charge in [-0.15, -0.1) is 0 Å². The second kappa shape index (κ2) is 6.78. The molecule has 4 rings (SSSR count). The average Bonchev–Trinajstić information content (AvgIpc) is 3.49. The second-order valence-electron chi connectivity index (χ2n) is 7.05. The number of carbonyl (C=O) groups excluding carboxylic acids is 1. The third-order valence-electron chi connectivity index (χ3n) is 5.14. The van der Waals surface area contributed by atoms with Crippen LogP contribution in [0.3, 0.4) is 0 Å². The fourth-order valence-corrected chi connectivity index (χ4v) is 3.44. The van der Waals surface area contributed by atoms with Gasteiger partial charge in [0.25, 0.3) is 5.56 Å². The van der Waals surface area contributed by atoms with Crippen LogP contribution in [0.2, 0.25) is 0 Å². The van der Waals surface area contributed by atoms with Crippen molar-refractivity contribution in [1.29, 1.82) is 0 Å². The van der Waals surface area contributed by atoms with Gasteiger partial charge in [0.2, 0.25) is 5.91 Å². The number of likely N-dealkylation sites (tertiary alicyclic amines) is 1. The fraction of sp³-hybridized carbons (Fsp3) is 0.474. The molecule has 0 radical (unpaired) electrons. The van der Waals surface area contributed by atoms with E-state index in [9.17, 15) is 9.59 Å². The summed E-state index contributed by atoms with van der Waals surface area (Å²) in [6.07, 6.45) is 9.06. The van der Waals surface area contributed by atoms with Crippen molar-refractivity contribution >= 4 is 5.91 Å². The van der Waals surface area contributed by atoms with Crippen molar-refractivity contribution in [3.05, 3.63) is 47.3 Å². The average molecular weight is 338 g/mol. The molecule has 0 unspecified atom stereocenters. The summed E-state index contributed by atoms with van der Waals surface area (Å²) in [5, 5.41) is 0. The Morgan fingerprint density at radius 2 is 2.00 bits per heavy atom. The summed E-state index contributed by atoms with van der Waals surface area (Å²) in [5.41, 5.74) is 1.46. The van der Waals surface area contributed by atoms with Gasteiger partial charge in [0, 0.05) is 49.6 Å². The fourth-order valence-electron chi connectivity index (χ4n) is 3.44. The molecule has 0 aromatic carbocycles. The Bertz CT molecular complexity index is 806. The smallest absolute Gasteiger partial charge is 0.253 e. The van der Waals surface area contributed by atoms with E-state index >= 15 is 0 Å². The Labute approximate surface area is 146 Å². The number of piperidine rings is 1. The lowest BCUT2D eigenvalue weighted by Crippen LogP contribution is -2.40. The SMILES string of the molecule is O=C(C1CC1)N1CCC(Cn2cnc(-c3cccnc3)cc2=O)CC1. The first-order valence-corrected chi connectivity index (χ1v) is 8.96. The number of carbonyl (C=O) groups is 1. The maximum atomic E-state index is 12.4. The lowest BCUT2D eigenvalue weighted by molar-refractivity contribution is -0.134. The standard InChI is InChI=1S/C19H22N4O2/c24-18-10-17(16-2-1-7-20-11-16)21-13-23(18)12-14-5-8-22(9-6-14)19(25)15-3-4-15/h1-2,7,10-11,13-15H,3-6,8-9,12H2. The molecular formula is C19H22N4O2. The van der Waals surface area contributed by atoms with Gasteiger partial charge in [-0.05, 0) is 43.7 Å². The summed E-state index contributed by atoms with van der Waals surface area (Å²) < 4.78 is 1.68. The van der Waals surface area contributed by atoms with Gasteiger partial charge in [0.1, 0.15) is 0 Å². The van der Waals surface area contributed by atoms with Gasteiger partial charge in [0.15, 0.2) is 0 Å². The van der Waals surface area contributed by atoms with Crippen LogP contribution in [0.1, 0.15) is 25.7 Å². The Morgan fingerprint density at radius 1 is 1.20 bits per heavy atom. The number of nitrogens with zero attached hydrogens (tertiary/aromatic N) is 4. The number of aromatic nitrogens is 3. The molecule has 2 fully saturated rings. The van der Waals surface area contributed by atoms with Crippen LogP contribution in [0, 0.1) is 11.8 Å². The van der Waals surface area contributed by atoms with E-state index in [1.54, 1.807) is 29.4 Å². The van der Waals surface area contributed by atoms with Crippen LogP contribution in [-0.4, -0.2) is 38.4 Å². The molecular weight excluding hydrogens is 316 g/mol. The predicted molar refractivity (Wildman–Crippen MR) is 93.8 cm³/mol. The topological polar surface area (TPSA) is 68.1 Å². The largest absolute Gasteiger partial charge is 0.342 e. The maximum Gasteiger partial charge on any atom is 0.253 e. The number of hydrogen-bond donors (Lipinski definition) is 0. The zero-order valence-corrected chi connectivity index (χ0v) is 14.2. The molecule has 3 heterocycles. The van der Waals surface area contributed by atoms with E-state index in [0.29, 0.717) is 30.0 Å². The first-order valence-electron chi connectivity index (χ1n) is 8.96. The van der Waals surface area contributed by atoms with Crippen molar-refractivity contribution in [1.82, 2.24) is 19.4 Å². The number of amides is 1. The zero-order chi connectivity index (χ0) is 17.2. The van der Waals surface area contributed by atoms with E-state index in [1.807, 2.05) is 17.0 Å². The molecule has 1 aliphatic heterocycles. The maximum absolute atomic E-state index is 12.4. The van der Waals surface area contributed by atoms with Crippen LogP contribution in [-0.2, 0) is 11.3 Å². The van der Waals surface area contributed by atoms with Crippen molar-refractivity contribution in [2.24, 2.45) is 11.8 Å². The van der Waals surface area contributed by atoms with Crippen LogP contribution < -0.4 is 5.56 Å². The first-order chi connectivity index (χ1) is 12.2. The lowest BCUT2D eigenvalue weighted by atomic mass is 9.96. The minimum Gasteiger partial charge on any atom is -0.342 e. The van der Waals surface area contributed by atoms with Crippen LogP contribution in [0.4, 0.5) is 0 Å². The summed E-state index contributed by atoms with van der Waals surface area (Å²) >= 11 is 0. The normalized spacial score (nSPS) is 18.3. The molecule has 0 N–H and O–H groups in total. The van der Waals surface area contributed by atoms with Crippen molar-refractivity contribution in [3.8, 4) is 11.3 Å². The van der Waals surface area contributed by atoms with Gasteiger partial charge in [-0.25, -0.2) is 4.98 Å². The zero-order valence-electron chi connectivity index (χ0n) is 14.2. The van der Waals surface area contributed by atoms with Crippen molar-refractivity contribution < 1.29 is 4.79 Å². The van der Waals surface area contributed by atoms with E-state index in [0.717, 1.165) is 44.3 Å². The van der Waals surface area contributed by atoms with Gasteiger partial charge >= 0.3 is 0 Å². The van der Waals surface area contributed by atoms with Crippen LogP contribution in [0.15, 0.2) is 41.7 Å². The summed E-state index contributed by atoms with van der Waals surface area (Å²) in [7, 11) is 0. The highest BCUT2D eigenvalue weighted by molar-refractivity contribution is 5.81. The molecule has 6 nitrogen and oxygen atoms in total. The van der Waals surface area contributed by atoms with Crippen molar-refractivity contribution in [2.75, 3.05) is 13.1 Å². The van der Waals surface area contributed by atoms with Crippen LogP contribution in [0.25, 0.3) is 11.3 Å². The molecule has 2 aromatic rings. The minimum atomic E-state index is -0.0367. The van der Waals surface area contributed by atoms with E-state index in [1.165, 1.54) is 0 Å². The second-order valence-corrected chi connectivity index (χ2v) is 7.05. The van der Waals surface area contributed by atoms with Crippen LogP contribution in [0.5, 0.6) is 0 Å². The van der Waals surface area contributed by atoms with Gasteiger partial charge < -0.3 is 4.90 Å². The number of hydrogen-bond acceptors (Lipinski definition) is 4. The Kier molecular flexibility index (Phi) is 4.34. The van der Waals surface area contributed by atoms with E-state index < -0.39 is 0 Å². The minimum absolute atomic E-state index is 0.0367. The summed E-state index contributed by atoms with van der Waals surface area (Å²) in [6, 6.07) is 5.30. The summed E-state index contributed by atoms with van der Waals surface area (Å²) in [5.74, 6) is 1.05. The van der Waals surface area contributed by atoms with E-state index in [2.05, 4.69) is 9.97 Å². The summed E-state index contributed by atoms with van der Waals surface area (Å²) in [6.45, 7) is 2.30. The Hall–Kier alpha value is -2.50. The molecule has 1 amide bonds. The van der Waals surface area contributed by atoms with E-state index in [4.69, 9.17) is 0 Å². The number of rotatable bonds is 4. The Balaban J connectivity index is 1.38. The first kappa shape index (κ1) is 16.0. The third-order valence-corrected chi connectivity index (χ3v) is 5.14. The highest BCUT2D eigenvalue weighted by Gasteiger charge is 2.34. The van der Waals surface area contributed by atoms with Gasteiger partial charge in [-0.2, -0.15) is 0 Å². The van der Waals surface area contributed by atoms with Crippen molar-refractivity contribution in [2.45, 2.75) is 32.2 Å². The summed E-state index contributed by atoms with van der Waals surface area (Å²) in [4.78, 5) is 35.0. The van der Waals surface area contributed by atoms with Gasteiger partial charge in [-0.1, -0.05) is 0 Å². The number of pyridine rings is 1. The van der Waals surface area contributed by atoms with Gasteiger partial charge in [-0.3, -0.25) is 19.1 Å². The van der Waals surface area contributed by atoms with E-state index in [-0.39, 0.29) is 5.56 Å². The molecule has 1 aliphatic carbocycles. The molecule has 1 saturated heterocycles.